The van der Waals surface area contributed by atoms with Crippen LogP contribution in [0.4, 0.5) is 13.2 Å². The Morgan fingerprint density at radius 2 is 1.30 bits per heavy atom. The van der Waals surface area contributed by atoms with Gasteiger partial charge in [0.25, 0.3) is 11.8 Å². The number of aromatic nitrogens is 2. The van der Waals surface area contributed by atoms with Crippen molar-refractivity contribution in [2.75, 3.05) is 0 Å². The van der Waals surface area contributed by atoms with Crippen LogP contribution in [0.2, 0.25) is 0 Å². The first-order valence-corrected chi connectivity index (χ1v) is 7.49. The summed E-state index contributed by atoms with van der Waals surface area (Å²) < 4.78 is 39.9. The van der Waals surface area contributed by atoms with Gasteiger partial charge in [0.15, 0.2) is 29.0 Å². The second-order valence-electron chi connectivity index (χ2n) is 5.77. The average Bonchev–Trinajstić information content (AvgIpc) is 2.89. The molecule has 1 aliphatic rings. The topological polar surface area (TPSA) is 104 Å². The standard InChI is InChI=1S/C17H8F3N3O4/c18-7-3-6(4-8(19)11(7)20)5-23-16(26)9-10(17(23)27)15(25)13-12(14(9)24)21-1-2-22-13/h1-4,24-25H,5H2. The minimum Gasteiger partial charge on any atom is -0.505 e. The quantitative estimate of drug-likeness (QED) is 0.405. The Morgan fingerprint density at radius 3 is 1.74 bits per heavy atom. The summed E-state index contributed by atoms with van der Waals surface area (Å²) in [6.45, 7) is -0.601. The molecule has 0 bridgehead atoms. The van der Waals surface area contributed by atoms with Crippen molar-refractivity contribution >= 4 is 22.8 Å². The van der Waals surface area contributed by atoms with E-state index in [0.29, 0.717) is 17.0 Å². The Hall–Kier alpha value is -3.69. The maximum absolute atomic E-state index is 13.4. The molecule has 2 heterocycles. The fourth-order valence-electron chi connectivity index (χ4n) is 2.96. The first kappa shape index (κ1) is 16.8. The number of carbonyl (C=O) groups excluding carboxylic acids is 2. The molecule has 0 atom stereocenters. The van der Waals surface area contributed by atoms with Gasteiger partial charge in [-0.1, -0.05) is 0 Å². The molecule has 0 saturated heterocycles. The highest BCUT2D eigenvalue weighted by atomic mass is 19.2. The summed E-state index contributed by atoms with van der Waals surface area (Å²) in [5.41, 5.74) is -1.55. The van der Waals surface area contributed by atoms with Gasteiger partial charge in [-0.3, -0.25) is 14.5 Å². The third-order valence-corrected chi connectivity index (χ3v) is 4.17. The van der Waals surface area contributed by atoms with Gasteiger partial charge in [0, 0.05) is 12.4 Å². The lowest BCUT2D eigenvalue weighted by molar-refractivity contribution is 0.0640. The van der Waals surface area contributed by atoms with Crippen LogP contribution in [0.15, 0.2) is 24.5 Å². The molecule has 0 aliphatic carbocycles. The van der Waals surface area contributed by atoms with Crippen LogP contribution in [0.25, 0.3) is 11.0 Å². The number of imide groups is 1. The van der Waals surface area contributed by atoms with Crippen LogP contribution < -0.4 is 0 Å². The van der Waals surface area contributed by atoms with E-state index in [2.05, 4.69) is 9.97 Å². The fourth-order valence-corrected chi connectivity index (χ4v) is 2.96. The highest BCUT2D eigenvalue weighted by Gasteiger charge is 2.42. The molecule has 10 heteroatoms. The second kappa shape index (κ2) is 5.66. The van der Waals surface area contributed by atoms with E-state index in [4.69, 9.17) is 0 Å². The monoisotopic (exact) mass is 375 g/mol. The number of phenolic OH excluding ortho intramolecular Hbond substituents is 2. The molecule has 27 heavy (non-hydrogen) atoms. The largest absolute Gasteiger partial charge is 0.505 e. The molecule has 2 N–H and O–H groups in total. The van der Waals surface area contributed by atoms with E-state index in [1.165, 1.54) is 12.4 Å². The summed E-state index contributed by atoms with van der Waals surface area (Å²) in [6.07, 6.45) is 2.44. The van der Waals surface area contributed by atoms with E-state index in [9.17, 15) is 33.0 Å². The number of rotatable bonds is 2. The molecule has 2 aromatic carbocycles. The summed E-state index contributed by atoms with van der Waals surface area (Å²) in [5, 5.41) is 20.6. The van der Waals surface area contributed by atoms with Crippen LogP contribution >= 0.6 is 0 Å². The molecule has 0 fully saturated rings. The molecule has 2 amide bonds. The summed E-state index contributed by atoms with van der Waals surface area (Å²) in [7, 11) is 0. The van der Waals surface area contributed by atoms with Gasteiger partial charge in [-0.05, 0) is 17.7 Å². The zero-order chi connectivity index (χ0) is 19.5. The van der Waals surface area contributed by atoms with Crippen LogP contribution in [0.1, 0.15) is 26.3 Å². The summed E-state index contributed by atoms with van der Waals surface area (Å²) in [6, 6.07) is 1.28. The smallest absolute Gasteiger partial charge is 0.265 e. The van der Waals surface area contributed by atoms with Gasteiger partial charge in [-0.15, -0.1) is 0 Å². The highest BCUT2D eigenvalue weighted by Crippen LogP contribution is 2.42. The zero-order valence-corrected chi connectivity index (χ0v) is 13.2. The molecule has 136 valence electrons. The first-order chi connectivity index (χ1) is 12.8. The molecule has 0 spiro atoms. The van der Waals surface area contributed by atoms with Crippen LogP contribution in [-0.2, 0) is 6.54 Å². The number of aromatic hydroxyl groups is 2. The predicted molar refractivity (Wildman–Crippen MR) is 83.4 cm³/mol. The van der Waals surface area contributed by atoms with Crippen molar-refractivity contribution in [2.45, 2.75) is 6.54 Å². The predicted octanol–water partition coefficient (Wildman–Crippen LogP) is 2.25. The van der Waals surface area contributed by atoms with Gasteiger partial charge >= 0.3 is 0 Å². The number of halogens is 3. The Kier molecular flexibility index (Phi) is 3.51. The number of amides is 2. The fraction of sp³-hybridized carbons (Fsp3) is 0.0588. The number of carbonyl (C=O) groups is 2. The van der Waals surface area contributed by atoms with E-state index in [0.717, 1.165) is 0 Å². The summed E-state index contributed by atoms with van der Waals surface area (Å²) in [5.74, 6) is -7.94. The van der Waals surface area contributed by atoms with Crippen LogP contribution in [-0.4, -0.2) is 36.9 Å². The third-order valence-electron chi connectivity index (χ3n) is 4.17. The van der Waals surface area contributed by atoms with Gasteiger partial charge in [0.05, 0.1) is 6.54 Å². The molecule has 0 saturated carbocycles. The van der Waals surface area contributed by atoms with Crippen molar-refractivity contribution in [1.29, 1.82) is 0 Å². The van der Waals surface area contributed by atoms with Crippen molar-refractivity contribution in [1.82, 2.24) is 14.9 Å². The Bertz CT molecular complexity index is 1080. The number of hydrogen-bond donors (Lipinski definition) is 2. The highest BCUT2D eigenvalue weighted by molar-refractivity contribution is 6.26. The molecular formula is C17H8F3N3O4. The van der Waals surface area contributed by atoms with E-state index >= 15 is 0 Å². The van der Waals surface area contributed by atoms with E-state index < -0.39 is 58.4 Å². The molecule has 1 aliphatic heterocycles. The summed E-state index contributed by atoms with van der Waals surface area (Å²) in [4.78, 5) is 33.4. The number of fused-ring (bicyclic) bond motifs is 2. The second-order valence-corrected chi connectivity index (χ2v) is 5.77. The van der Waals surface area contributed by atoms with E-state index in [1.807, 2.05) is 0 Å². The molecule has 7 nitrogen and oxygen atoms in total. The first-order valence-electron chi connectivity index (χ1n) is 7.49. The van der Waals surface area contributed by atoms with Crippen molar-refractivity contribution in [3.05, 3.63) is 58.7 Å². The summed E-state index contributed by atoms with van der Waals surface area (Å²) >= 11 is 0. The Labute approximate surface area is 148 Å². The maximum atomic E-state index is 13.4. The van der Waals surface area contributed by atoms with Gasteiger partial charge in [0.2, 0.25) is 0 Å². The van der Waals surface area contributed by atoms with Crippen LogP contribution in [0.5, 0.6) is 11.5 Å². The number of hydrogen-bond acceptors (Lipinski definition) is 6. The molecule has 0 unspecified atom stereocenters. The lowest BCUT2D eigenvalue weighted by Crippen LogP contribution is -2.29. The zero-order valence-electron chi connectivity index (χ0n) is 13.2. The SMILES string of the molecule is O=C1c2c(c(O)c3nccnc3c2O)C(=O)N1Cc1cc(F)c(F)c(F)c1. The van der Waals surface area contributed by atoms with Gasteiger partial charge in [-0.2, -0.15) is 0 Å². The Morgan fingerprint density at radius 1 is 0.852 bits per heavy atom. The van der Waals surface area contributed by atoms with Crippen molar-refractivity contribution in [3.63, 3.8) is 0 Å². The van der Waals surface area contributed by atoms with Crippen LogP contribution in [0, 0.1) is 17.5 Å². The molecule has 4 rings (SSSR count). The normalized spacial score (nSPS) is 13.5. The van der Waals surface area contributed by atoms with Crippen LogP contribution in [0.3, 0.4) is 0 Å². The van der Waals surface area contributed by atoms with Gasteiger partial charge in [0.1, 0.15) is 22.2 Å². The Balaban J connectivity index is 1.83. The molecule has 1 aromatic heterocycles. The third kappa shape index (κ3) is 2.30. The lowest BCUT2D eigenvalue weighted by Gasteiger charge is -2.14. The molecule has 3 aromatic rings. The number of phenols is 2. The average molecular weight is 375 g/mol. The van der Waals surface area contributed by atoms with Crippen molar-refractivity contribution in [2.24, 2.45) is 0 Å². The maximum Gasteiger partial charge on any atom is 0.265 e. The molecular weight excluding hydrogens is 367 g/mol. The van der Waals surface area contributed by atoms with Gasteiger partial charge < -0.3 is 10.2 Å². The molecule has 0 radical (unpaired) electrons. The van der Waals surface area contributed by atoms with Crippen molar-refractivity contribution < 1.29 is 33.0 Å². The minimum absolute atomic E-state index is 0.185. The van der Waals surface area contributed by atoms with E-state index in [-0.39, 0.29) is 16.6 Å². The lowest BCUT2D eigenvalue weighted by atomic mass is 10.1. The van der Waals surface area contributed by atoms with E-state index in [1.54, 1.807) is 0 Å². The number of nitrogens with zero attached hydrogens (tertiary/aromatic N) is 3. The van der Waals surface area contributed by atoms with Crippen molar-refractivity contribution in [3.8, 4) is 11.5 Å². The minimum atomic E-state index is -1.68. The van der Waals surface area contributed by atoms with Gasteiger partial charge in [-0.25, -0.2) is 23.1 Å². The number of benzene rings is 2.